The lowest BCUT2D eigenvalue weighted by Crippen LogP contribution is -2.32. The fourth-order valence-electron chi connectivity index (χ4n) is 3.01. The molecule has 10 heteroatoms. The van der Waals surface area contributed by atoms with Crippen molar-refractivity contribution in [1.82, 2.24) is 19.1 Å². The number of benzene rings is 2. The SMILES string of the molecule is O=c1n(CCNS(=O)(=O)c2ccc(Cl)cc2)nc(-c2ccc(F)cc2)n1C1CC1. The monoisotopic (exact) mass is 436 g/mol. The van der Waals surface area contributed by atoms with E-state index in [9.17, 15) is 17.6 Å². The maximum atomic E-state index is 13.2. The third-order valence-electron chi connectivity index (χ3n) is 4.62. The minimum atomic E-state index is -3.72. The van der Waals surface area contributed by atoms with Gasteiger partial charge in [-0.25, -0.2) is 27.0 Å². The Morgan fingerprint density at radius 3 is 2.38 bits per heavy atom. The minimum Gasteiger partial charge on any atom is -0.272 e. The van der Waals surface area contributed by atoms with Crippen LogP contribution in [0.4, 0.5) is 4.39 Å². The van der Waals surface area contributed by atoms with Crippen LogP contribution in [-0.4, -0.2) is 29.3 Å². The first-order chi connectivity index (χ1) is 13.8. The largest absolute Gasteiger partial charge is 0.346 e. The van der Waals surface area contributed by atoms with E-state index in [1.54, 1.807) is 16.7 Å². The summed E-state index contributed by atoms with van der Waals surface area (Å²) in [6, 6.07) is 11.7. The Morgan fingerprint density at radius 1 is 1.10 bits per heavy atom. The zero-order chi connectivity index (χ0) is 20.6. The lowest BCUT2D eigenvalue weighted by Gasteiger charge is -2.06. The number of nitrogens with one attached hydrogen (secondary N) is 1. The maximum absolute atomic E-state index is 13.2. The molecule has 0 radical (unpaired) electrons. The number of sulfonamides is 1. The summed E-state index contributed by atoms with van der Waals surface area (Å²) in [6.45, 7) is 0.0645. The van der Waals surface area contributed by atoms with Crippen molar-refractivity contribution < 1.29 is 12.8 Å². The highest BCUT2D eigenvalue weighted by Crippen LogP contribution is 2.36. The minimum absolute atomic E-state index is 0.00456. The first kappa shape index (κ1) is 19.8. The average molecular weight is 437 g/mol. The molecule has 1 N–H and O–H groups in total. The summed E-state index contributed by atoms with van der Waals surface area (Å²) in [5, 5.41) is 4.81. The molecule has 2 aromatic carbocycles. The van der Waals surface area contributed by atoms with Crippen LogP contribution >= 0.6 is 11.6 Å². The first-order valence-corrected chi connectivity index (χ1v) is 10.9. The van der Waals surface area contributed by atoms with Crippen LogP contribution in [0.3, 0.4) is 0 Å². The summed E-state index contributed by atoms with van der Waals surface area (Å²) >= 11 is 5.79. The fourth-order valence-corrected chi connectivity index (χ4v) is 4.15. The zero-order valence-corrected chi connectivity index (χ0v) is 16.8. The Kier molecular flexibility index (Phi) is 5.28. The van der Waals surface area contributed by atoms with Crippen LogP contribution in [0.1, 0.15) is 18.9 Å². The van der Waals surface area contributed by atoms with Crippen LogP contribution in [0.25, 0.3) is 11.4 Å². The smallest absolute Gasteiger partial charge is 0.272 e. The van der Waals surface area contributed by atoms with Gasteiger partial charge in [0.05, 0.1) is 11.4 Å². The molecule has 1 saturated carbocycles. The molecular weight excluding hydrogens is 419 g/mol. The molecule has 0 saturated heterocycles. The molecule has 0 spiro atoms. The summed E-state index contributed by atoms with van der Waals surface area (Å²) < 4.78 is 43.2. The van der Waals surface area contributed by atoms with Crippen molar-refractivity contribution in [3.05, 3.63) is 69.9 Å². The van der Waals surface area contributed by atoms with Crippen LogP contribution in [0, 0.1) is 5.82 Å². The quantitative estimate of drug-likeness (QED) is 0.617. The van der Waals surface area contributed by atoms with Gasteiger partial charge in [0.1, 0.15) is 5.82 Å². The topological polar surface area (TPSA) is 86.0 Å². The molecule has 152 valence electrons. The summed E-state index contributed by atoms with van der Waals surface area (Å²) in [4.78, 5) is 12.9. The van der Waals surface area contributed by atoms with E-state index in [0.29, 0.717) is 16.4 Å². The Morgan fingerprint density at radius 2 is 1.76 bits per heavy atom. The predicted molar refractivity (Wildman–Crippen MR) is 107 cm³/mol. The second-order valence-corrected chi connectivity index (χ2v) is 8.99. The van der Waals surface area contributed by atoms with Gasteiger partial charge in [0.25, 0.3) is 0 Å². The van der Waals surface area contributed by atoms with E-state index in [-0.39, 0.29) is 35.5 Å². The molecule has 0 atom stereocenters. The third kappa shape index (κ3) is 4.26. The lowest BCUT2D eigenvalue weighted by atomic mass is 10.2. The third-order valence-corrected chi connectivity index (χ3v) is 6.35. The van der Waals surface area contributed by atoms with Crippen LogP contribution < -0.4 is 10.4 Å². The summed E-state index contributed by atoms with van der Waals surface area (Å²) in [7, 11) is -3.72. The van der Waals surface area contributed by atoms with Crippen LogP contribution in [0.15, 0.2) is 58.2 Å². The maximum Gasteiger partial charge on any atom is 0.346 e. The standard InChI is InChI=1S/C19H18ClFN4O3S/c20-14-3-9-17(10-4-14)29(27,28)22-11-12-24-19(26)25(16-7-8-16)18(23-24)13-1-5-15(21)6-2-13/h1-6,9-10,16,22H,7-8,11-12H2. The van der Waals surface area contributed by atoms with Gasteiger partial charge in [-0.1, -0.05) is 11.6 Å². The van der Waals surface area contributed by atoms with Crippen molar-refractivity contribution in [2.75, 3.05) is 6.54 Å². The van der Waals surface area contributed by atoms with Gasteiger partial charge in [0.15, 0.2) is 5.82 Å². The zero-order valence-electron chi connectivity index (χ0n) is 15.3. The highest BCUT2D eigenvalue weighted by molar-refractivity contribution is 7.89. The van der Waals surface area contributed by atoms with Gasteiger partial charge in [0.2, 0.25) is 10.0 Å². The van der Waals surface area contributed by atoms with Crippen LogP contribution in [0.5, 0.6) is 0 Å². The molecular formula is C19H18ClFN4O3S. The van der Waals surface area contributed by atoms with E-state index in [1.165, 1.54) is 41.1 Å². The molecule has 0 amide bonds. The lowest BCUT2D eigenvalue weighted by molar-refractivity contribution is 0.547. The molecule has 29 heavy (non-hydrogen) atoms. The molecule has 1 aliphatic carbocycles. The summed E-state index contributed by atoms with van der Waals surface area (Å²) in [5.41, 5.74) is 0.327. The molecule has 1 aromatic heterocycles. The van der Waals surface area contributed by atoms with E-state index in [0.717, 1.165) is 12.8 Å². The highest BCUT2D eigenvalue weighted by atomic mass is 35.5. The highest BCUT2D eigenvalue weighted by Gasteiger charge is 2.30. The van der Waals surface area contributed by atoms with Crippen molar-refractivity contribution in [2.45, 2.75) is 30.3 Å². The van der Waals surface area contributed by atoms with E-state index < -0.39 is 10.0 Å². The molecule has 0 unspecified atom stereocenters. The Balaban J connectivity index is 1.53. The fraction of sp³-hybridized carbons (Fsp3) is 0.263. The van der Waals surface area contributed by atoms with Crippen molar-refractivity contribution >= 4 is 21.6 Å². The van der Waals surface area contributed by atoms with Crippen molar-refractivity contribution in [3.8, 4) is 11.4 Å². The second-order valence-electron chi connectivity index (χ2n) is 6.79. The number of hydrogen-bond donors (Lipinski definition) is 1. The van der Waals surface area contributed by atoms with Crippen LogP contribution in [0.2, 0.25) is 5.02 Å². The number of nitrogens with zero attached hydrogens (tertiary/aromatic N) is 3. The molecule has 1 heterocycles. The van der Waals surface area contributed by atoms with Gasteiger partial charge in [0, 0.05) is 23.2 Å². The van der Waals surface area contributed by atoms with Crippen LogP contribution in [-0.2, 0) is 16.6 Å². The number of rotatable bonds is 7. The van der Waals surface area contributed by atoms with Gasteiger partial charge >= 0.3 is 5.69 Å². The van der Waals surface area contributed by atoms with Crippen molar-refractivity contribution in [2.24, 2.45) is 0 Å². The van der Waals surface area contributed by atoms with E-state index in [2.05, 4.69) is 9.82 Å². The molecule has 0 aliphatic heterocycles. The molecule has 1 fully saturated rings. The number of hydrogen-bond acceptors (Lipinski definition) is 4. The first-order valence-electron chi connectivity index (χ1n) is 9.06. The van der Waals surface area contributed by atoms with E-state index in [4.69, 9.17) is 11.6 Å². The average Bonchev–Trinajstić information content (AvgIpc) is 3.47. The van der Waals surface area contributed by atoms with E-state index >= 15 is 0 Å². The van der Waals surface area contributed by atoms with Gasteiger partial charge in [-0.2, -0.15) is 0 Å². The Bertz CT molecular complexity index is 1180. The Labute approximate surface area is 171 Å². The molecule has 4 rings (SSSR count). The summed E-state index contributed by atoms with van der Waals surface area (Å²) in [6.07, 6.45) is 1.76. The summed E-state index contributed by atoms with van der Waals surface area (Å²) in [5.74, 6) is 0.0863. The van der Waals surface area contributed by atoms with Gasteiger partial charge < -0.3 is 0 Å². The molecule has 7 nitrogen and oxygen atoms in total. The van der Waals surface area contributed by atoms with Gasteiger partial charge in [-0.3, -0.25) is 4.57 Å². The molecule has 1 aliphatic rings. The number of aromatic nitrogens is 3. The molecule has 3 aromatic rings. The second kappa shape index (κ2) is 7.74. The molecule has 0 bridgehead atoms. The van der Waals surface area contributed by atoms with Crippen molar-refractivity contribution in [1.29, 1.82) is 0 Å². The van der Waals surface area contributed by atoms with Gasteiger partial charge in [-0.05, 0) is 61.4 Å². The van der Waals surface area contributed by atoms with E-state index in [1.807, 2.05) is 0 Å². The van der Waals surface area contributed by atoms with Gasteiger partial charge in [-0.15, -0.1) is 5.10 Å². The normalized spacial score (nSPS) is 14.3. The predicted octanol–water partition coefficient (Wildman–Crippen LogP) is 2.82. The number of halogens is 2. The Hall–Kier alpha value is -2.49. The van der Waals surface area contributed by atoms with Crippen molar-refractivity contribution in [3.63, 3.8) is 0 Å².